The first-order valence-corrected chi connectivity index (χ1v) is 15.2. The minimum Gasteiger partial charge on any atom is -0.497 e. The van der Waals surface area contributed by atoms with Gasteiger partial charge in [-0.2, -0.15) is 0 Å². The highest BCUT2D eigenvalue weighted by Crippen LogP contribution is 2.56. The monoisotopic (exact) mass is 558 g/mol. The standard InChI is InChI=1S/C27H22O2.C8H10.C3H8.C2H6/c1-29-22-16-14-21(15-17-22)27(20-12-10-19(18-28)11-13-20)25-8-4-2-6-23(25)24-7-3-5-9-26(24)27;1-2-8-6-4-3-5-7-8;1-3-2;1-2/h2-17,28H,18H2,1H3;3-7H,2H2,1H3;3H2,1-2H3;1-2H3. The number of aliphatic hydroxyl groups excluding tert-OH is 1. The van der Waals surface area contributed by atoms with E-state index in [-0.39, 0.29) is 6.61 Å². The summed E-state index contributed by atoms with van der Waals surface area (Å²) in [6, 6.07) is 44.5. The average molecular weight is 559 g/mol. The fourth-order valence-corrected chi connectivity index (χ4v) is 5.44. The number of hydrogen-bond acceptors (Lipinski definition) is 2. The Morgan fingerprint density at radius 2 is 0.976 bits per heavy atom. The van der Waals surface area contributed by atoms with Crippen molar-refractivity contribution in [3.05, 3.63) is 161 Å². The molecule has 0 spiro atoms. The normalized spacial score (nSPS) is 11.7. The molecule has 5 aromatic rings. The van der Waals surface area contributed by atoms with Crippen LogP contribution in [-0.2, 0) is 18.4 Å². The van der Waals surface area contributed by atoms with Gasteiger partial charge >= 0.3 is 0 Å². The molecule has 0 saturated carbocycles. The highest BCUT2D eigenvalue weighted by Gasteiger charge is 2.45. The van der Waals surface area contributed by atoms with E-state index in [2.05, 4.69) is 118 Å². The van der Waals surface area contributed by atoms with Gasteiger partial charge in [-0.05, 0) is 63.1 Å². The quantitative estimate of drug-likeness (QED) is 0.228. The fourth-order valence-electron chi connectivity index (χ4n) is 5.44. The Hall–Kier alpha value is -4.14. The molecule has 0 fully saturated rings. The Bertz CT molecular complexity index is 1370. The van der Waals surface area contributed by atoms with Crippen molar-refractivity contribution in [2.45, 2.75) is 59.5 Å². The number of fused-ring (bicyclic) bond motifs is 3. The van der Waals surface area contributed by atoms with E-state index < -0.39 is 5.41 Å². The third kappa shape index (κ3) is 6.83. The maximum Gasteiger partial charge on any atom is 0.118 e. The van der Waals surface area contributed by atoms with Crippen molar-refractivity contribution in [2.75, 3.05) is 7.11 Å². The molecule has 0 aromatic heterocycles. The Balaban J connectivity index is 0.000000314. The summed E-state index contributed by atoms with van der Waals surface area (Å²) in [5.41, 5.74) is 9.41. The van der Waals surface area contributed by atoms with Crippen molar-refractivity contribution in [1.82, 2.24) is 0 Å². The molecule has 1 aliphatic rings. The Kier molecular flexibility index (Phi) is 12.6. The summed E-state index contributed by atoms with van der Waals surface area (Å²) in [5, 5.41) is 9.53. The summed E-state index contributed by atoms with van der Waals surface area (Å²) in [4.78, 5) is 0. The molecule has 0 radical (unpaired) electrons. The van der Waals surface area contributed by atoms with E-state index >= 15 is 0 Å². The van der Waals surface area contributed by atoms with E-state index in [4.69, 9.17) is 4.74 Å². The summed E-state index contributed by atoms with van der Waals surface area (Å²) in [7, 11) is 1.69. The molecule has 1 aliphatic carbocycles. The van der Waals surface area contributed by atoms with Gasteiger partial charge in [0.25, 0.3) is 0 Å². The molecule has 2 heteroatoms. The number of methoxy groups -OCH3 is 1. The van der Waals surface area contributed by atoms with Crippen molar-refractivity contribution < 1.29 is 9.84 Å². The average Bonchev–Trinajstić information content (AvgIpc) is 3.38. The van der Waals surface area contributed by atoms with Crippen LogP contribution in [0.3, 0.4) is 0 Å². The minimum atomic E-state index is -0.409. The van der Waals surface area contributed by atoms with E-state index in [0.717, 1.165) is 17.7 Å². The van der Waals surface area contributed by atoms with E-state index in [9.17, 15) is 5.11 Å². The summed E-state index contributed by atoms with van der Waals surface area (Å²) in [6.07, 6.45) is 2.39. The van der Waals surface area contributed by atoms with Gasteiger partial charge in [-0.3, -0.25) is 0 Å². The fraction of sp³-hybridized carbons (Fsp3) is 0.250. The van der Waals surface area contributed by atoms with Crippen LogP contribution in [0.4, 0.5) is 0 Å². The van der Waals surface area contributed by atoms with Crippen molar-refractivity contribution in [3.8, 4) is 16.9 Å². The topological polar surface area (TPSA) is 29.5 Å². The SMILES string of the molecule is CC.CCC.CCc1ccccc1.COc1ccc(C2(c3ccc(CO)cc3)c3ccccc3-c3ccccc32)cc1. The maximum atomic E-state index is 9.53. The van der Waals surface area contributed by atoms with Crippen LogP contribution in [0.2, 0.25) is 0 Å². The lowest BCUT2D eigenvalue weighted by atomic mass is 9.67. The summed E-state index contributed by atoms with van der Waals surface area (Å²) in [6.45, 7) is 10.5. The summed E-state index contributed by atoms with van der Waals surface area (Å²) in [5.74, 6) is 0.846. The molecule has 42 heavy (non-hydrogen) atoms. The van der Waals surface area contributed by atoms with Crippen LogP contribution < -0.4 is 4.74 Å². The highest BCUT2D eigenvalue weighted by molar-refractivity contribution is 5.86. The molecule has 6 rings (SSSR count). The van der Waals surface area contributed by atoms with Gasteiger partial charge in [0.1, 0.15) is 5.75 Å². The van der Waals surface area contributed by atoms with Crippen LogP contribution in [0.15, 0.2) is 127 Å². The van der Waals surface area contributed by atoms with Crippen molar-refractivity contribution in [3.63, 3.8) is 0 Å². The van der Waals surface area contributed by atoms with Crippen LogP contribution in [-0.4, -0.2) is 12.2 Å². The second kappa shape index (κ2) is 16.3. The zero-order valence-corrected chi connectivity index (χ0v) is 26.1. The van der Waals surface area contributed by atoms with Crippen LogP contribution in [0.1, 0.15) is 74.4 Å². The first-order valence-electron chi connectivity index (χ1n) is 15.2. The molecular weight excluding hydrogens is 512 g/mol. The number of aliphatic hydroxyl groups is 1. The summed E-state index contributed by atoms with van der Waals surface area (Å²) < 4.78 is 5.41. The first-order chi connectivity index (χ1) is 20.6. The van der Waals surface area contributed by atoms with Crippen molar-refractivity contribution in [1.29, 1.82) is 0 Å². The Labute approximate surface area is 253 Å². The van der Waals surface area contributed by atoms with Crippen molar-refractivity contribution >= 4 is 0 Å². The number of benzene rings is 5. The highest BCUT2D eigenvalue weighted by atomic mass is 16.5. The zero-order valence-electron chi connectivity index (χ0n) is 26.1. The molecule has 0 atom stereocenters. The van der Waals surface area contributed by atoms with Gasteiger partial charge in [0.05, 0.1) is 19.1 Å². The van der Waals surface area contributed by atoms with Gasteiger partial charge in [0.15, 0.2) is 0 Å². The lowest BCUT2D eigenvalue weighted by Crippen LogP contribution is -2.28. The second-order valence-electron chi connectivity index (χ2n) is 9.97. The van der Waals surface area contributed by atoms with E-state index in [1.54, 1.807) is 7.11 Å². The van der Waals surface area contributed by atoms with Crippen molar-refractivity contribution in [2.24, 2.45) is 0 Å². The molecule has 5 aromatic carbocycles. The number of hydrogen-bond donors (Lipinski definition) is 1. The molecular formula is C40H46O2. The van der Waals surface area contributed by atoms with Crippen LogP contribution >= 0.6 is 0 Å². The molecule has 0 aliphatic heterocycles. The van der Waals surface area contributed by atoms with E-state index in [1.165, 1.54) is 45.4 Å². The second-order valence-corrected chi connectivity index (χ2v) is 9.97. The summed E-state index contributed by atoms with van der Waals surface area (Å²) >= 11 is 0. The predicted molar refractivity (Wildman–Crippen MR) is 179 cm³/mol. The molecule has 218 valence electrons. The first kappa shape index (κ1) is 32.4. The molecule has 0 unspecified atom stereocenters. The Morgan fingerprint density at radius 3 is 1.38 bits per heavy atom. The molecule has 0 bridgehead atoms. The molecule has 0 saturated heterocycles. The van der Waals surface area contributed by atoms with E-state index in [1.807, 2.05) is 44.2 Å². The minimum absolute atomic E-state index is 0.0446. The number of ether oxygens (including phenoxy) is 1. The Morgan fingerprint density at radius 1 is 0.548 bits per heavy atom. The number of rotatable bonds is 5. The van der Waals surface area contributed by atoms with Gasteiger partial charge in [0, 0.05) is 0 Å². The third-order valence-corrected chi connectivity index (χ3v) is 7.30. The van der Waals surface area contributed by atoms with Gasteiger partial charge in [0.2, 0.25) is 0 Å². The smallest absolute Gasteiger partial charge is 0.118 e. The van der Waals surface area contributed by atoms with Gasteiger partial charge in [-0.15, -0.1) is 0 Å². The molecule has 1 N–H and O–H groups in total. The van der Waals surface area contributed by atoms with E-state index in [0.29, 0.717) is 0 Å². The maximum absolute atomic E-state index is 9.53. The van der Waals surface area contributed by atoms with Gasteiger partial charge in [-0.25, -0.2) is 0 Å². The molecule has 2 nitrogen and oxygen atoms in total. The zero-order chi connectivity index (χ0) is 30.4. The van der Waals surface area contributed by atoms with Gasteiger partial charge < -0.3 is 9.84 Å². The molecule has 0 amide bonds. The van der Waals surface area contributed by atoms with Crippen LogP contribution in [0, 0.1) is 0 Å². The lowest BCUT2D eigenvalue weighted by Gasteiger charge is -2.34. The van der Waals surface area contributed by atoms with Crippen LogP contribution in [0.5, 0.6) is 5.75 Å². The lowest BCUT2D eigenvalue weighted by molar-refractivity contribution is 0.282. The van der Waals surface area contributed by atoms with Crippen LogP contribution in [0.25, 0.3) is 11.1 Å². The number of aryl methyl sites for hydroxylation is 1. The third-order valence-electron chi connectivity index (χ3n) is 7.30. The molecule has 0 heterocycles. The predicted octanol–water partition coefficient (Wildman–Crippen LogP) is 10.2. The van der Waals surface area contributed by atoms with Gasteiger partial charge in [-0.1, -0.05) is 156 Å². The largest absolute Gasteiger partial charge is 0.497 e.